The smallest absolute Gasteiger partial charge is 0.333 e. The van der Waals surface area contributed by atoms with Gasteiger partial charge < -0.3 is 4.90 Å². The van der Waals surface area contributed by atoms with E-state index in [1.807, 2.05) is 0 Å². The summed E-state index contributed by atoms with van der Waals surface area (Å²) < 4.78 is 59.6. The third-order valence-corrected chi connectivity index (χ3v) is 12.5. The molecule has 38 heavy (non-hydrogen) atoms. The summed E-state index contributed by atoms with van der Waals surface area (Å²) in [5.74, 6) is -1.03. The molecule has 218 valence electrons. The van der Waals surface area contributed by atoms with Crippen molar-refractivity contribution in [2.45, 2.75) is 99.8 Å². The minimum atomic E-state index is -4.49. The summed E-state index contributed by atoms with van der Waals surface area (Å²) in [7, 11) is 0.512. The Balaban J connectivity index is 1.21. The van der Waals surface area contributed by atoms with Crippen LogP contribution in [0.1, 0.15) is 57.8 Å². The van der Waals surface area contributed by atoms with Crippen molar-refractivity contribution in [2.75, 3.05) is 38.7 Å². The Labute approximate surface area is 229 Å². The summed E-state index contributed by atoms with van der Waals surface area (Å²) in [4.78, 5) is 16.7. The minimum Gasteiger partial charge on any atom is -0.333 e. The van der Waals surface area contributed by atoms with Gasteiger partial charge in [0.05, 0.1) is 11.7 Å². The molecule has 0 aromatic heterocycles. The van der Waals surface area contributed by atoms with Crippen molar-refractivity contribution in [3.63, 3.8) is 0 Å². The Bertz CT molecular complexity index is 973. The number of hydrogen-bond donors (Lipinski definition) is 2. The average molecular weight is 583 g/mol. The van der Waals surface area contributed by atoms with Crippen LogP contribution in [0.25, 0.3) is 0 Å². The van der Waals surface area contributed by atoms with Crippen molar-refractivity contribution in [3.8, 4) is 0 Å². The van der Waals surface area contributed by atoms with E-state index in [9.17, 15) is 22.2 Å². The standard InChI is InChI=1S/C25H42ClF3N6O2S/c1-30-38(37)12-9-17(10-13-38)24(36)33(2)23(25(27,28)29)16-5-7-18(8-6-16)34-11-3-4-19-20(34)15-31-22-14-21(26)32-35(19)22/h16-23,31-32H,3-15H2,1-2H3/t16?,17?,18?,19?,20?,21?,22?,23-,38?/m0/s1. The number of amides is 1. The van der Waals surface area contributed by atoms with Crippen LogP contribution in [0.5, 0.6) is 0 Å². The second-order valence-corrected chi connectivity index (χ2v) is 15.1. The van der Waals surface area contributed by atoms with Crippen molar-refractivity contribution < 1.29 is 22.2 Å². The summed E-state index contributed by atoms with van der Waals surface area (Å²) in [5, 5.41) is 5.89. The number of rotatable bonds is 4. The van der Waals surface area contributed by atoms with Crippen LogP contribution < -0.4 is 10.7 Å². The molecule has 4 heterocycles. The number of halogens is 4. The van der Waals surface area contributed by atoms with Crippen LogP contribution in [0.15, 0.2) is 4.36 Å². The van der Waals surface area contributed by atoms with Gasteiger partial charge in [-0.15, -0.1) is 11.6 Å². The maximum atomic E-state index is 14.4. The third kappa shape index (κ3) is 5.72. The Morgan fingerprint density at radius 2 is 1.79 bits per heavy atom. The monoisotopic (exact) mass is 582 g/mol. The Morgan fingerprint density at radius 3 is 2.42 bits per heavy atom. The molecule has 5 atom stereocenters. The van der Waals surface area contributed by atoms with Gasteiger partial charge in [-0.05, 0) is 63.8 Å². The number of hydrazine groups is 1. The van der Waals surface area contributed by atoms with Crippen LogP contribution in [0.4, 0.5) is 13.2 Å². The fourth-order valence-corrected chi connectivity index (χ4v) is 9.93. The van der Waals surface area contributed by atoms with Gasteiger partial charge in [0.15, 0.2) is 0 Å². The number of likely N-dealkylation sites (tertiary alicyclic amines) is 1. The maximum Gasteiger partial charge on any atom is 0.409 e. The molecule has 1 aliphatic carbocycles. The number of piperidine rings is 1. The fraction of sp³-hybridized carbons (Fsp3) is 0.960. The molecule has 13 heteroatoms. The van der Waals surface area contributed by atoms with E-state index in [0.29, 0.717) is 50.6 Å². The zero-order chi connectivity index (χ0) is 27.2. The molecular weight excluding hydrogens is 541 g/mol. The highest BCUT2D eigenvalue weighted by Crippen LogP contribution is 2.41. The Kier molecular flexibility index (Phi) is 8.59. The molecule has 8 nitrogen and oxygen atoms in total. The zero-order valence-electron chi connectivity index (χ0n) is 22.3. The van der Waals surface area contributed by atoms with Gasteiger partial charge in [-0.25, -0.2) is 19.0 Å². The molecule has 5 rings (SSSR count). The van der Waals surface area contributed by atoms with Gasteiger partial charge in [-0.2, -0.15) is 13.2 Å². The van der Waals surface area contributed by atoms with Gasteiger partial charge in [0, 0.05) is 72.3 Å². The van der Waals surface area contributed by atoms with Crippen molar-refractivity contribution in [3.05, 3.63) is 0 Å². The molecule has 1 amide bonds. The lowest BCUT2D eigenvalue weighted by Gasteiger charge is -2.53. The first-order chi connectivity index (χ1) is 18.0. The molecule has 4 aliphatic heterocycles. The van der Waals surface area contributed by atoms with Crippen molar-refractivity contribution in [1.29, 1.82) is 0 Å². The topological polar surface area (TPSA) is 80.3 Å². The lowest BCUT2D eigenvalue weighted by atomic mass is 9.78. The molecule has 0 aromatic rings. The van der Waals surface area contributed by atoms with E-state index in [2.05, 4.69) is 25.0 Å². The molecule has 0 aromatic carbocycles. The molecule has 5 aliphatic rings. The Morgan fingerprint density at radius 1 is 1.11 bits per heavy atom. The first-order valence-corrected chi connectivity index (χ1v) is 16.4. The van der Waals surface area contributed by atoms with E-state index in [-0.39, 0.29) is 29.2 Å². The highest BCUT2D eigenvalue weighted by Gasteiger charge is 2.52. The summed E-state index contributed by atoms with van der Waals surface area (Å²) in [5.41, 5.74) is 3.33. The van der Waals surface area contributed by atoms with Crippen LogP contribution >= 0.6 is 11.6 Å². The first-order valence-electron chi connectivity index (χ1n) is 14.1. The number of carbonyl (C=O) groups is 1. The number of hydrogen-bond acceptors (Lipinski definition) is 7. The van der Waals surface area contributed by atoms with E-state index in [4.69, 9.17) is 11.6 Å². The first kappa shape index (κ1) is 28.9. The van der Waals surface area contributed by atoms with Crippen LogP contribution in [0.3, 0.4) is 0 Å². The third-order valence-electron chi connectivity index (χ3n) is 9.77. The fourth-order valence-electron chi connectivity index (χ4n) is 7.78. The lowest BCUT2D eigenvalue weighted by molar-refractivity contribution is -0.203. The molecule has 4 unspecified atom stereocenters. The van der Waals surface area contributed by atoms with E-state index < -0.39 is 39.7 Å². The number of carbonyl (C=O) groups excluding carboxylic acids is 1. The quantitative estimate of drug-likeness (QED) is 0.392. The van der Waals surface area contributed by atoms with Gasteiger partial charge in [0.1, 0.15) is 6.04 Å². The summed E-state index contributed by atoms with van der Waals surface area (Å²) in [6, 6.07) is -0.853. The predicted molar refractivity (Wildman–Crippen MR) is 142 cm³/mol. The van der Waals surface area contributed by atoms with E-state index in [0.717, 1.165) is 37.3 Å². The van der Waals surface area contributed by atoms with E-state index in [1.54, 1.807) is 0 Å². The molecule has 0 spiro atoms. The van der Waals surface area contributed by atoms with Crippen molar-refractivity contribution in [2.24, 2.45) is 16.2 Å². The van der Waals surface area contributed by atoms with Gasteiger partial charge in [0.2, 0.25) is 5.91 Å². The van der Waals surface area contributed by atoms with Crippen LogP contribution in [0, 0.1) is 11.8 Å². The van der Waals surface area contributed by atoms with Crippen LogP contribution in [-0.4, -0.2) is 106 Å². The minimum absolute atomic E-state index is 0.0737. The SMILES string of the molecule is CN=S1(=O)CCC(C(=O)N(C)[C@@H](C2CCC(N3CCCC4C3CNC3CC(Cl)NN34)CC2)C(F)(F)F)CC1. The lowest BCUT2D eigenvalue weighted by Crippen LogP contribution is -2.70. The molecule has 0 radical (unpaired) electrons. The largest absolute Gasteiger partial charge is 0.409 e. The second-order valence-electron chi connectivity index (χ2n) is 11.8. The molecule has 1 saturated carbocycles. The molecule has 4 saturated heterocycles. The molecular formula is C25H42ClF3N6O2S. The summed E-state index contributed by atoms with van der Waals surface area (Å²) in [6.45, 7) is 1.84. The van der Waals surface area contributed by atoms with Crippen molar-refractivity contribution >= 4 is 27.2 Å². The molecule has 0 bridgehead atoms. The highest BCUT2D eigenvalue weighted by atomic mass is 35.5. The van der Waals surface area contributed by atoms with E-state index >= 15 is 0 Å². The number of alkyl halides is 4. The van der Waals surface area contributed by atoms with Gasteiger partial charge in [-0.3, -0.25) is 15.0 Å². The van der Waals surface area contributed by atoms with E-state index in [1.165, 1.54) is 14.1 Å². The normalized spacial score (nSPS) is 41.7. The van der Waals surface area contributed by atoms with Crippen LogP contribution in [0.2, 0.25) is 0 Å². The van der Waals surface area contributed by atoms with Crippen LogP contribution in [-0.2, 0) is 14.5 Å². The van der Waals surface area contributed by atoms with Crippen molar-refractivity contribution in [1.82, 2.24) is 25.6 Å². The highest BCUT2D eigenvalue weighted by molar-refractivity contribution is 7.93. The summed E-state index contributed by atoms with van der Waals surface area (Å²) >= 11 is 6.36. The Hall–Kier alpha value is -0.660. The van der Waals surface area contributed by atoms with Gasteiger partial charge in [-0.1, -0.05) is 0 Å². The maximum absolute atomic E-state index is 14.4. The predicted octanol–water partition coefficient (Wildman–Crippen LogP) is 2.98. The average Bonchev–Trinajstić information content (AvgIpc) is 3.29. The van der Waals surface area contributed by atoms with Gasteiger partial charge >= 0.3 is 6.18 Å². The second kappa shape index (κ2) is 11.3. The molecule has 5 fully saturated rings. The molecule has 2 N–H and O–H groups in total. The van der Waals surface area contributed by atoms with Gasteiger partial charge in [0.25, 0.3) is 0 Å². The number of nitrogens with zero attached hydrogens (tertiary/aromatic N) is 4. The zero-order valence-corrected chi connectivity index (χ0v) is 23.9. The number of fused-ring (bicyclic) bond motifs is 3. The summed E-state index contributed by atoms with van der Waals surface area (Å²) in [6.07, 6.45) is 1.76. The number of nitrogens with one attached hydrogen (secondary N) is 2.